The van der Waals surface area contributed by atoms with Crippen molar-refractivity contribution in [3.63, 3.8) is 0 Å². The highest BCUT2D eigenvalue weighted by Gasteiger charge is 2.44. The maximum Gasteiger partial charge on any atom is 0.230 e. The summed E-state index contributed by atoms with van der Waals surface area (Å²) >= 11 is 0. The normalized spacial score (nSPS) is 40.4. The molecule has 2 atom stereocenters. The molecule has 2 nitrogen and oxygen atoms in total. The van der Waals surface area contributed by atoms with E-state index in [1.54, 1.807) is 0 Å². The first-order valence-electron chi connectivity index (χ1n) is 7.37. The summed E-state index contributed by atoms with van der Waals surface area (Å²) in [4.78, 5) is 12.4. The van der Waals surface area contributed by atoms with Gasteiger partial charge in [0, 0.05) is 11.1 Å². The highest BCUT2D eigenvalue weighted by molar-refractivity contribution is 5.83. The number of nitrogens with one attached hydrogen (secondary N) is 1. The van der Waals surface area contributed by atoms with Gasteiger partial charge in [-0.05, 0) is 63.7 Å². The summed E-state index contributed by atoms with van der Waals surface area (Å²) in [5, 5.41) is 3.06. The lowest BCUT2D eigenvalue weighted by Gasteiger charge is -2.46. The third-order valence-corrected chi connectivity index (χ3v) is 4.91. The maximum atomic E-state index is 12.4. The van der Waals surface area contributed by atoms with Gasteiger partial charge in [0.1, 0.15) is 0 Å². The first-order valence-corrected chi connectivity index (χ1v) is 7.37. The van der Waals surface area contributed by atoms with Crippen LogP contribution in [0.1, 0.15) is 59.8 Å². The van der Waals surface area contributed by atoms with Crippen LogP contribution in [0.25, 0.3) is 0 Å². The first kappa shape index (κ1) is 13.6. The third-order valence-electron chi connectivity index (χ3n) is 4.91. The lowest BCUT2D eigenvalue weighted by Crippen LogP contribution is -2.45. The molecule has 2 fully saturated rings. The molecule has 1 N–H and O–H groups in total. The van der Waals surface area contributed by atoms with Crippen LogP contribution in [0.5, 0.6) is 0 Å². The summed E-state index contributed by atoms with van der Waals surface area (Å²) in [5.74, 6) is 2.64. The molecule has 0 aromatic carbocycles. The molecule has 2 rings (SSSR count). The smallest absolute Gasteiger partial charge is 0.230 e. The lowest BCUT2D eigenvalue weighted by molar-refractivity contribution is -0.134. The van der Waals surface area contributed by atoms with Crippen molar-refractivity contribution in [3.05, 3.63) is 11.8 Å². The van der Waals surface area contributed by atoms with Gasteiger partial charge in [-0.15, -0.1) is 0 Å². The van der Waals surface area contributed by atoms with Crippen molar-refractivity contribution < 1.29 is 4.79 Å². The second-order valence-electron chi connectivity index (χ2n) is 6.94. The van der Waals surface area contributed by atoms with E-state index in [-0.39, 0.29) is 11.3 Å². The number of rotatable bonds is 2. The van der Waals surface area contributed by atoms with E-state index in [0.717, 1.165) is 36.3 Å². The fourth-order valence-electron chi connectivity index (χ4n) is 4.18. The monoisotopic (exact) mass is 249 g/mol. The van der Waals surface area contributed by atoms with E-state index in [0.29, 0.717) is 0 Å². The Balaban J connectivity index is 2.06. The molecule has 0 saturated heterocycles. The van der Waals surface area contributed by atoms with Gasteiger partial charge in [-0.25, -0.2) is 0 Å². The number of fused-ring (bicyclic) bond motifs is 2. The van der Waals surface area contributed by atoms with Gasteiger partial charge in [-0.3, -0.25) is 4.79 Å². The van der Waals surface area contributed by atoms with Crippen molar-refractivity contribution in [1.82, 2.24) is 5.32 Å². The Labute approximate surface area is 111 Å². The van der Waals surface area contributed by atoms with Gasteiger partial charge in [0.15, 0.2) is 0 Å². The molecule has 1 amide bonds. The molecule has 0 spiro atoms. The fourth-order valence-corrected chi connectivity index (χ4v) is 4.18. The average molecular weight is 249 g/mol. The van der Waals surface area contributed by atoms with Crippen molar-refractivity contribution in [2.24, 2.45) is 23.2 Å². The number of carbonyl (C=O) groups excluding carboxylic acids is 1. The zero-order valence-corrected chi connectivity index (χ0v) is 12.3. The summed E-state index contributed by atoms with van der Waals surface area (Å²) in [7, 11) is 0. The molecule has 0 heterocycles. The van der Waals surface area contributed by atoms with Crippen LogP contribution in [0.4, 0.5) is 0 Å². The van der Waals surface area contributed by atoms with E-state index in [1.165, 1.54) is 19.3 Å². The summed E-state index contributed by atoms with van der Waals surface area (Å²) in [6, 6.07) is 0. The number of hydrogen-bond donors (Lipinski definition) is 1. The van der Waals surface area contributed by atoms with E-state index in [9.17, 15) is 4.79 Å². The Morgan fingerprint density at radius 3 is 2.28 bits per heavy atom. The maximum absolute atomic E-state index is 12.4. The number of allylic oxidation sites excluding steroid dienone is 2. The van der Waals surface area contributed by atoms with Gasteiger partial charge < -0.3 is 5.32 Å². The Kier molecular flexibility index (Phi) is 3.84. The standard InChI is InChI=1S/C16H27NO/c1-5-12(3)17-15(18)16(4)9-13-6-11(2)7-14(8-13)10-16/h5,11,13-14H,6-10H2,1-4H3,(H,17,18). The minimum atomic E-state index is -0.141. The number of hydrogen-bond acceptors (Lipinski definition) is 1. The van der Waals surface area contributed by atoms with E-state index < -0.39 is 0 Å². The molecule has 0 aliphatic heterocycles. The van der Waals surface area contributed by atoms with Gasteiger partial charge in [0.2, 0.25) is 5.91 Å². The summed E-state index contributed by atoms with van der Waals surface area (Å²) in [6.07, 6.45) is 8.13. The van der Waals surface area contributed by atoms with E-state index in [1.807, 2.05) is 19.9 Å². The molecule has 2 aliphatic carbocycles. The van der Waals surface area contributed by atoms with Crippen LogP contribution in [-0.4, -0.2) is 5.91 Å². The minimum Gasteiger partial charge on any atom is -0.330 e. The van der Waals surface area contributed by atoms with E-state index in [4.69, 9.17) is 0 Å². The molecule has 0 radical (unpaired) electrons. The molecule has 18 heavy (non-hydrogen) atoms. The molecular formula is C16H27NO. The van der Waals surface area contributed by atoms with Crippen molar-refractivity contribution in [2.75, 3.05) is 0 Å². The van der Waals surface area contributed by atoms with Gasteiger partial charge in [0.25, 0.3) is 0 Å². The zero-order chi connectivity index (χ0) is 13.3. The molecule has 0 aromatic heterocycles. The quantitative estimate of drug-likeness (QED) is 0.790. The molecule has 2 saturated carbocycles. The van der Waals surface area contributed by atoms with Crippen molar-refractivity contribution >= 4 is 5.91 Å². The Bertz CT molecular complexity index is 340. The van der Waals surface area contributed by atoms with E-state index in [2.05, 4.69) is 19.2 Å². The highest BCUT2D eigenvalue weighted by atomic mass is 16.2. The molecule has 2 unspecified atom stereocenters. The van der Waals surface area contributed by atoms with E-state index >= 15 is 0 Å². The fraction of sp³-hybridized carbons (Fsp3) is 0.812. The lowest BCUT2D eigenvalue weighted by atomic mass is 9.59. The van der Waals surface area contributed by atoms with Gasteiger partial charge in [0.05, 0.1) is 0 Å². The molecular weight excluding hydrogens is 222 g/mol. The SMILES string of the molecule is CC=C(C)NC(=O)C1(C)CC2CC(C)CC(C2)C1. The number of amides is 1. The Morgan fingerprint density at radius 1 is 1.22 bits per heavy atom. The van der Waals surface area contributed by atoms with Crippen LogP contribution in [-0.2, 0) is 4.79 Å². The second-order valence-corrected chi connectivity index (χ2v) is 6.94. The van der Waals surface area contributed by atoms with Gasteiger partial charge in [-0.1, -0.05) is 19.9 Å². The summed E-state index contributed by atoms with van der Waals surface area (Å²) in [6.45, 7) is 8.47. The van der Waals surface area contributed by atoms with Crippen molar-refractivity contribution in [2.45, 2.75) is 59.8 Å². The predicted octanol–water partition coefficient (Wildman–Crippen LogP) is 3.88. The topological polar surface area (TPSA) is 29.1 Å². The highest BCUT2D eigenvalue weighted by Crippen LogP contribution is 2.50. The van der Waals surface area contributed by atoms with Crippen molar-refractivity contribution in [3.8, 4) is 0 Å². The Morgan fingerprint density at radius 2 is 1.78 bits per heavy atom. The first-order chi connectivity index (χ1) is 8.43. The minimum absolute atomic E-state index is 0.141. The molecule has 102 valence electrons. The summed E-state index contributed by atoms with van der Waals surface area (Å²) in [5.41, 5.74) is 0.836. The van der Waals surface area contributed by atoms with Crippen molar-refractivity contribution in [1.29, 1.82) is 0 Å². The van der Waals surface area contributed by atoms with Crippen LogP contribution >= 0.6 is 0 Å². The van der Waals surface area contributed by atoms with Crippen LogP contribution in [0.2, 0.25) is 0 Å². The average Bonchev–Trinajstić information content (AvgIpc) is 2.26. The molecule has 2 bridgehead atoms. The summed E-state index contributed by atoms with van der Waals surface area (Å²) < 4.78 is 0. The zero-order valence-electron chi connectivity index (χ0n) is 12.3. The van der Waals surface area contributed by atoms with Crippen LogP contribution < -0.4 is 5.32 Å². The second kappa shape index (κ2) is 5.07. The van der Waals surface area contributed by atoms with Crippen LogP contribution in [0.15, 0.2) is 11.8 Å². The largest absolute Gasteiger partial charge is 0.330 e. The van der Waals surface area contributed by atoms with Gasteiger partial charge >= 0.3 is 0 Å². The Hall–Kier alpha value is -0.790. The molecule has 2 aliphatic rings. The van der Waals surface area contributed by atoms with Crippen LogP contribution in [0.3, 0.4) is 0 Å². The van der Waals surface area contributed by atoms with Crippen LogP contribution in [0, 0.1) is 23.2 Å². The molecule has 2 heteroatoms. The number of carbonyl (C=O) groups is 1. The molecule has 0 aromatic rings. The predicted molar refractivity (Wildman–Crippen MR) is 74.9 cm³/mol. The third kappa shape index (κ3) is 2.78. The van der Waals surface area contributed by atoms with Gasteiger partial charge in [-0.2, -0.15) is 0 Å².